The van der Waals surface area contributed by atoms with Crippen molar-refractivity contribution in [1.29, 1.82) is 0 Å². The van der Waals surface area contributed by atoms with E-state index in [4.69, 9.17) is 0 Å². The number of rotatable bonds is 10. The summed E-state index contributed by atoms with van der Waals surface area (Å²) >= 11 is 3.46. The van der Waals surface area contributed by atoms with Crippen LogP contribution in [0.5, 0.6) is 0 Å². The molecule has 1 rings (SSSR count). The first-order valence-electron chi connectivity index (χ1n) is 6.94. The van der Waals surface area contributed by atoms with Crippen molar-refractivity contribution >= 4 is 22.2 Å². The van der Waals surface area contributed by atoms with Crippen molar-refractivity contribution in [3.8, 4) is 0 Å². The standard InChI is InChI=1S/C16H23BrO/c17-13-5-2-1-3-7-15-9-11-16(12-10-15)8-4-6-14-18/h9-12,14H,1-8,13H2. The zero-order valence-corrected chi connectivity index (χ0v) is 12.6. The fourth-order valence-electron chi connectivity index (χ4n) is 2.04. The van der Waals surface area contributed by atoms with Gasteiger partial charge in [-0.3, -0.25) is 0 Å². The van der Waals surface area contributed by atoms with Crippen LogP contribution < -0.4 is 0 Å². The number of hydrogen-bond donors (Lipinski definition) is 0. The van der Waals surface area contributed by atoms with Crippen LogP contribution in [0.25, 0.3) is 0 Å². The van der Waals surface area contributed by atoms with Gasteiger partial charge in [-0.25, -0.2) is 0 Å². The molecule has 0 saturated carbocycles. The monoisotopic (exact) mass is 310 g/mol. The average Bonchev–Trinajstić information content (AvgIpc) is 2.40. The first-order chi connectivity index (χ1) is 8.86. The minimum absolute atomic E-state index is 0.676. The lowest BCUT2D eigenvalue weighted by atomic mass is 10.0. The maximum absolute atomic E-state index is 10.2. The smallest absolute Gasteiger partial charge is 0.120 e. The molecule has 0 heterocycles. The van der Waals surface area contributed by atoms with Crippen LogP contribution in [0.4, 0.5) is 0 Å². The zero-order valence-electron chi connectivity index (χ0n) is 11.0. The van der Waals surface area contributed by atoms with Gasteiger partial charge in [-0.1, -0.05) is 53.0 Å². The Balaban J connectivity index is 2.20. The molecule has 0 N–H and O–H groups in total. The van der Waals surface area contributed by atoms with Gasteiger partial charge < -0.3 is 4.79 Å². The van der Waals surface area contributed by atoms with Crippen molar-refractivity contribution in [2.45, 2.75) is 51.4 Å². The molecule has 0 bridgehead atoms. The maximum atomic E-state index is 10.2. The summed E-state index contributed by atoms with van der Waals surface area (Å²) in [6.07, 6.45) is 10.1. The molecule has 1 aromatic carbocycles. The van der Waals surface area contributed by atoms with Gasteiger partial charge in [0.1, 0.15) is 6.29 Å². The maximum Gasteiger partial charge on any atom is 0.120 e. The second-order valence-corrected chi connectivity index (χ2v) is 5.52. The summed E-state index contributed by atoms with van der Waals surface area (Å²) in [4.78, 5) is 10.2. The number of benzene rings is 1. The molecule has 0 aliphatic carbocycles. The topological polar surface area (TPSA) is 17.1 Å². The van der Waals surface area contributed by atoms with Crippen LogP contribution in [-0.4, -0.2) is 11.6 Å². The van der Waals surface area contributed by atoms with Crippen LogP contribution in [0.1, 0.15) is 49.7 Å². The normalized spacial score (nSPS) is 10.5. The van der Waals surface area contributed by atoms with E-state index in [1.54, 1.807) is 0 Å². The third-order valence-electron chi connectivity index (χ3n) is 3.16. The highest BCUT2D eigenvalue weighted by Crippen LogP contribution is 2.11. The van der Waals surface area contributed by atoms with Gasteiger partial charge in [0.15, 0.2) is 0 Å². The quantitative estimate of drug-likeness (QED) is 0.347. The molecule has 0 aromatic heterocycles. The highest BCUT2D eigenvalue weighted by molar-refractivity contribution is 9.09. The van der Waals surface area contributed by atoms with Crippen LogP contribution in [-0.2, 0) is 17.6 Å². The van der Waals surface area contributed by atoms with E-state index in [2.05, 4.69) is 40.2 Å². The summed E-state index contributed by atoms with van der Waals surface area (Å²) in [6, 6.07) is 8.89. The lowest BCUT2D eigenvalue weighted by molar-refractivity contribution is -0.107. The third-order valence-corrected chi connectivity index (χ3v) is 3.72. The molecule has 0 spiro atoms. The molecule has 0 fully saturated rings. The Morgan fingerprint density at radius 2 is 1.39 bits per heavy atom. The summed E-state index contributed by atoms with van der Waals surface area (Å²) in [5.41, 5.74) is 2.79. The van der Waals surface area contributed by atoms with Gasteiger partial charge in [0.05, 0.1) is 0 Å². The number of unbranched alkanes of at least 4 members (excludes halogenated alkanes) is 4. The highest BCUT2D eigenvalue weighted by atomic mass is 79.9. The molecule has 0 saturated heterocycles. The molecule has 0 aliphatic heterocycles. The Bertz CT molecular complexity index is 318. The third kappa shape index (κ3) is 6.95. The molecule has 0 unspecified atom stereocenters. The fourth-order valence-corrected chi connectivity index (χ4v) is 2.44. The summed E-state index contributed by atoms with van der Waals surface area (Å²) in [5, 5.41) is 1.13. The molecule has 100 valence electrons. The molecule has 1 aromatic rings. The summed E-state index contributed by atoms with van der Waals surface area (Å²) < 4.78 is 0. The molecule has 0 radical (unpaired) electrons. The molecule has 1 nitrogen and oxygen atoms in total. The number of halogens is 1. The first-order valence-corrected chi connectivity index (χ1v) is 8.06. The van der Waals surface area contributed by atoms with Crippen molar-refractivity contribution in [2.24, 2.45) is 0 Å². The zero-order chi connectivity index (χ0) is 13.1. The summed E-state index contributed by atoms with van der Waals surface area (Å²) in [5.74, 6) is 0. The van der Waals surface area contributed by atoms with E-state index in [-0.39, 0.29) is 0 Å². The van der Waals surface area contributed by atoms with E-state index in [0.29, 0.717) is 6.42 Å². The van der Waals surface area contributed by atoms with Crippen molar-refractivity contribution in [3.63, 3.8) is 0 Å². The lowest BCUT2D eigenvalue weighted by Gasteiger charge is -2.04. The van der Waals surface area contributed by atoms with Gasteiger partial charge in [-0.15, -0.1) is 0 Å². The van der Waals surface area contributed by atoms with E-state index in [9.17, 15) is 4.79 Å². The Hall–Kier alpha value is -0.630. The Labute approximate surface area is 119 Å². The van der Waals surface area contributed by atoms with Gasteiger partial charge in [-0.2, -0.15) is 0 Å². The van der Waals surface area contributed by atoms with Crippen LogP contribution in [0.2, 0.25) is 0 Å². The van der Waals surface area contributed by atoms with E-state index in [1.807, 2.05) is 0 Å². The highest BCUT2D eigenvalue weighted by Gasteiger charge is 1.96. The Morgan fingerprint density at radius 3 is 1.94 bits per heavy atom. The minimum atomic E-state index is 0.676. The predicted octanol–water partition coefficient (Wildman–Crippen LogP) is 4.71. The second kappa shape index (κ2) is 10.3. The van der Waals surface area contributed by atoms with Crippen molar-refractivity contribution in [1.82, 2.24) is 0 Å². The molecule has 2 heteroatoms. The largest absolute Gasteiger partial charge is 0.303 e. The van der Waals surface area contributed by atoms with Crippen LogP contribution >= 0.6 is 15.9 Å². The Morgan fingerprint density at radius 1 is 0.833 bits per heavy atom. The average molecular weight is 311 g/mol. The lowest BCUT2D eigenvalue weighted by Crippen LogP contribution is -1.90. The molecular formula is C16H23BrO. The molecule has 0 aliphatic rings. The van der Waals surface area contributed by atoms with E-state index >= 15 is 0 Å². The second-order valence-electron chi connectivity index (χ2n) is 4.73. The van der Waals surface area contributed by atoms with Crippen molar-refractivity contribution in [3.05, 3.63) is 35.4 Å². The number of alkyl halides is 1. The molecule has 0 atom stereocenters. The predicted molar refractivity (Wildman–Crippen MR) is 81.4 cm³/mol. The van der Waals surface area contributed by atoms with Gasteiger partial charge in [0.25, 0.3) is 0 Å². The molecule has 18 heavy (non-hydrogen) atoms. The SMILES string of the molecule is O=CCCCc1ccc(CCCCCCBr)cc1. The minimum Gasteiger partial charge on any atom is -0.303 e. The van der Waals surface area contributed by atoms with Crippen LogP contribution in [0.3, 0.4) is 0 Å². The molecule has 0 amide bonds. The number of aldehydes is 1. The van der Waals surface area contributed by atoms with E-state index in [0.717, 1.165) is 24.5 Å². The number of aryl methyl sites for hydroxylation is 2. The Kier molecular flexibility index (Phi) is 8.83. The fraction of sp³-hybridized carbons (Fsp3) is 0.562. The van der Waals surface area contributed by atoms with Gasteiger partial charge in [-0.05, 0) is 43.2 Å². The summed E-state index contributed by atoms with van der Waals surface area (Å²) in [6.45, 7) is 0. The van der Waals surface area contributed by atoms with Gasteiger partial charge in [0, 0.05) is 11.8 Å². The number of carbonyl (C=O) groups excluding carboxylic acids is 1. The van der Waals surface area contributed by atoms with Gasteiger partial charge >= 0.3 is 0 Å². The first kappa shape index (κ1) is 15.4. The van der Waals surface area contributed by atoms with Crippen LogP contribution in [0, 0.1) is 0 Å². The van der Waals surface area contributed by atoms with Gasteiger partial charge in [0.2, 0.25) is 0 Å². The van der Waals surface area contributed by atoms with Crippen molar-refractivity contribution < 1.29 is 4.79 Å². The summed E-state index contributed by atoms with van der Waals surface area (Å²) in [7, 11) is 0. The molecular weight excluding hydrogens is 288 g/mol. The van der Waals surface area contributed by atoms with Crippen molar-refractivity contribution in [2.75, 3.05) is 5.33 Å². The van der Waals surface area contributed by atoms with Crippen LogP contribution in [0.15, 0.2) is 24.3 Å². The van der Waals surface area contributed by atoms with E-state index < -0.39 is 0 Å². The number of hydrogen-bond acceptors (Lipinski definition) is 1. The number of carbonyl (C=O) groups is 1. The van der Waals surface area contributed by atoms with E-state index in [1.165, 1.54) is 43.2 Å².